The maximum atomic E-state index is 12.1. The number of rotatable bonds is 5. The number of likely N-dealkylation sites (N-methyl/N-ethyl adjacent to an activating group) is 1. The second-order valence-corrected chi connectivity index (χ2v) is 3.81. The zero-order chi connectivity index (χ0) is 13.6. The summed E-state index contributed by atoms with van der Waals surface area (Å²) in [7, 11) is 1.83. The molecule has 1 aromatic rings. The molecular formula is C13H16F3NO. The molecule has 100 valence electrons. The monoisotopic (exact) mass is 259 g/mol. The molecule has 0 heterocycles. The molecule has 0 unspecified atom stereocenters. The van der Waals surface area contributed by atoms with E-state index < -0.39 is 6.36 Å². The van der Waals surface area contributed by atoms with Crippen molar-refractivity contribution < 1.29 is 17.9 Å². The molecule has 1 aromatic carbocycles. The van der Waals surface area contributed by atoms with E-state index in [9.17, 15) is 13.2 Å². The standard InChI is InChI=1S/C13H16F3NO/c1-3-10(9-17-2)7-11-5-4-6-12(8-11)18-13(14,15)16/h4-8,17H,3,9H2,1-2H3/b10-7-. The van der Waals surface area contributed by atoms with E-state index in [-0.39, 0.29) is 5.75 Å². The van der Waals surface area contributed by atoms with Crippen molar-refractivity contribution in [2.75, 3.05) is 13.6 Å². The van der Waals surface area contributed by atoms with Crippen LogP contribution >= 0.6 is 0 Å². The van der Waals surface area contributed by atoms with Gasteiger partial charge >= 0.3 is 6.36 Å². The van der Waals surface area contributed by atoms with Gasteiger partial charge in [0.15, 0.2) is 0 Å². The molecule has 0 saturated carbocycles. The number of alkyl halides is 3. The lowest BCUT2D eigenvalue weighted by Gasteiger charge is -2.09. The van der Waals surface area contributed by atoms with Gasteiger partial charge in [-0.1, -0.05) is 30.7 Å². The van der Waals surface area contributed by atoms with E-state index in [0.717, 1.165) is 12.0 Å². The Kier molecular flexibility index (Phi) is 5.22. The molecule has 0 radical (unpaired) electrons. The molecule has 0 aromatic heterocycles. The number of ether oxygens (including phenoxy) is 1. The Morgan fingerprint density at radius 3 is 2.67 bits per heavy atom. The van der Waals surface area contributed by atoms with Gasteiger partial charge in [-0.25, -0.2) is 0 Å². The normalized spacial score (nSPS) is 12.6. The van der Waals surface area contributed by atoms with Gasteiger partial charge in [-0.2, -0.15) is 0 Å². The van der Waals surface area contributed by atoms with E-state index in [4.69, 9.17) is 0 Å². The van der Waals surface area contributed by atoms with Crippen LogP contribution in [0.4, 0.5) is 13.2 Å². The molecule has 0 fully saturated rings. The van der Waals surface area contributed by atoms with Gasteiger partial charge in [0.25, 0.3) is 0 Å². The van der Waals surface area contributed by atoms with Crippen molar-refractivity contribution in [2.45, 2.75) is 19.7 Å². The number of nitrogens with one attached hydrogen (secondary N) is 1. The number of hydrogen-bond acceptors (Lipinski definition) is 2. The Balaban J connectivity index is 2.87. The van der Waals surface area contributed by atoms with Gasteiger partial charge in [0.05, 0.1) is 0 Å². The molecule has 0 bridgehead atoms. The minimum Gasteiger partial charge on any atom is -0.406 e. The first kappa shape index (κ1) is 14.6. The second-order valence-electron chi connectivity index (χ2n) is 3.81. The predicted octanol–water partition coefficient (Wildman–Crippen LogP) is 3.60. The van der Waals surface area contributed by atoms with Gasteiger partial charge < -0.3 is 10.1 Å². The molecule has 18 heavy (non-hydrogen) atoms. The fourth-order valence-electron chi connectivity index (χ4n) is 1.54. The van der Waals surface area contributed by atoms with E-state index in [1.54, 1.807) is 12.1 Å². The highest BCUT2D eigenvalue weighted by Gasteiger charge is 2.30. The Labute approximate surface area is 104 Å². The topological polar surface area (TPSA) is 21.3 Å². The van der Waals surface area contributed by atoms with E-state index in [1.165, 1.54) is 12.1 Å². The summed E-state index contributed by atoms with van der Waals surface area (Å²) in [5, 5.41) is 3.01. The lowest BCUT2D eigenvalue weighted by Crippen LogP contribution is -2.17. The maximum Gasteiger partial charge on any atom is 0.573 e. The van der Waals surface area contributed by atoms with Crippen LogP contribution in [-0.4, -0.2) is 20.0 Å². The van der Waals surface area contributed by atoms with E-state index >= 15 is 0 Å². The SMILES string of the molecule is CC/C(=C/c1cccc(OC(F)(F)F)c1)CNC. The van der Waals surface area contributed by atoms with Crippen molar-refractivity contribution in [1.29, 1.82) is 0 Å². The summed E-state index contributed by atoms with van der Waals surface area (Å²) in [5.41, 5.74) is 1.81. The third-order valence-corrected chi connectivity index (χ3v) is 2.32. The van der Waals surface area contributed by atoms with Crippen molar-refractivity contribution >= 4 is 6.08 Å². The molecule has 0 aliphatic carbocycles. The minimum atomic E-state index is -4.65. The summed E-state index contributed by atoms with van der Waals surface area (Å²) in [6.45, 7) is 2.71. The summed E-state index contributed by atoms with van der Waals surface area (Å²) in [4.78, 5) is 0. The first-order valence-corrected chi connectivity index (χ1v) is 5.64. The summed E-state index contributed by atoms with van der Waals surface area (Å²) >= 11 is 0. The van der Waals surface area contributed by atoms with Crippen molar-refractivity contribution in [1.82, 2.24) is 5.32 Å². The van der Waals surface area contributed by atoms with E-state index in [1.807, 2.05) is 20.0 Å². The Morgan fingerprint density at radius 2 is 2.11 bits per heavy atom. The largest absolute Gasteiger partial charge is 0.573 e. The molecule has 0 amide bonds. The van der Waals surface area contributed by atoms with Gasteiger partial charge in [-0.15, -0.1) is 13.2 Å². The quantitative estimate of drug-likeness (QED) is 0.872. The summed E-state index contributed by atoms with van der Waals surface area (Å²) < 4.78 is 40.1. The first-order chi connectivity index (χ1) is 8.44. The third kappa shape index (κ3) is 5.23. The molecule has 0 aliphatic heterocycles. The average Bonchev–Trinajstić information content (AvgIpc) is 2.26. The third-order valence-electron chi connectivity index (χ3n) is 2.32. The second kappa shape index (κ2) is 6.44. The molecular weight excluding hydrogens is 243 g/mol. The predicted molar refractivity (Wildman–Crippen MR) is 65.3 cm³/mol. The van der Waals surface area contributed by atoms with Crippen LogP contribution in [-0.2, 0) is 0 Å². The summed E-state index contributed by atoms with van der Waals surface area (Å²) in [6, 6.07) is 5.95. The smallest absolute Gasteiger partial charge is 0.406 e. The van der Waals surface area contributed by atoms with Crippen molar-refractivity contribution in [3.8, 4) is 5.75 Å². The van der Waals surface area contributed by atoms with Crippen LogP contribution in [0.1, 0.15) is 18.9 Å². The van der Waals surface area contributed by atoms with Crippen LogP contribution < -0.4 is 10.1 Å². The van der Waals surface area contributed by atoms with Crippen LogP contribution in [0.15, 0.2) is 29.8 Å². The van der Waals surface area contributed by atoms with Crippen LogP contribution in [0.2, 0.25) is 0 Å². The van der Waals surface area contributed by atoms with E-state index in [2.05, 4.69) is 10.1 Å². The lowest BCUT2D eigenvalue weighted by atomic mass is 10.1. The van der Waals surface area contributed by atoms with Gasteiger partial charge in [0.1, 0.15) is 5.75 Å². The van der Waals surface area contributed by atoms with Crippen molar-refractivity contribution in [2.24, 2.45) is 0 Å². The van der Waals surface area contributed by atoms with Crippen LogP contribution in [0.25, 0.3) is 6.08 Å². The maximum absolute atomic E-state index is 12.1. The Bertz CT molecular complexity index is 413. The molecule has 1 N–H and O–H groups in total. The molecule has 2 nitrogen and oxygen atoms in total. The Morgan fingerprint density at radius 1 is 1.39 bits per heavy atom. The zero-order valence-corrected chi connectivity index (χ0v) is 10.3. The highest BCUT2D eigenvalue weighted by molar-refractivity contribution is 5.55. The lowest BCUT2D eigenvalue weighted by molar-refractivity contribution is -0.274. The van der Waals surface area contributed by atoms with Gasteiger partial charge in [-0.3, -0.25) is 0 Å². The zero-order valence-electron chi connectivity index (χ0n) is 10.3. The molecule has 0 aliphatic rings. The molecule has 0 saturated heterocycles. The van der Waals surface area contributed by atoms with Gasteiger partial charge in [0, 0.05) is 6.54 Å². The van der Waals surface area contributed by atoms with Crippen LogP contribution in [0.5, 0.6) is 5.75 Å². The number of benzene rings is 1. The van der Waals surface area contributed by atoms with Gasteiger partial charge in [-0.05, 0) is 31.2 Å². The molecule has 5 heteroatoms. The first-order valence-electron chi connectivity index (χ1n) is 5.64. The number of hydrogen-bond donors (Lipinski definition) is 1. The fourth-order valence-corrected chi connectivity index (χ4v) is 1.54. The Hall–Kier alpha value is -1.49. The summed E-state index contributed by atoms with van der Waals surface area (Å²) in [5.74, 6) is -0.198. The average molecular weight is 259 g/mol. The number of halogens is 3. The molecule has 1 rings (SSSR count). The van der Waals surface area contributed by atoms with Gasteiger partial charge in [0.2, 0.25) is 0 Å². The highest BCUT2D eigenvalue weighted by atomic mass is 19.4. The molecule has 0 spiro atoms. The van der Waals surface area contributed by atoms with Crippen molar-refractivity contribution in [3.05, 3.63) is 35.4 Å². The summed E-state index contributed by atoms with van der Waals surface area (Å²) in [6.07, 6.45) is -1.95. The van der Waals surface area contributed by atoms with E-state index in [0.29, 0.717) is 12.1 Å². The highest BCUT2D eigenvalue weighted by Crippen LogP contribution is 2.24. The minimum absolute atomic E-state index is 0.198. The van der Waals surface area contributed by atoms with Crippen LogP contribution in [0.3, 0.4) is 0 Å². The fraction of sp³-hybridized carbons (Fsp3) is 0.385. The van der Waals surface area contributed by atoms with Crippen molar-refractivity contribution in [3.63, 3.8) is 0 Å². The molecule has 0 atom stereocenters. The van der Waals surface area contributed by atoms with Crippen LogP contribution in [0, 0.1) is 0 Å².